The number of aryl methyl sites for hydroxylation is 1. The minimum Gasteiger partial charge on any atom is -0.496 e. The maximum Gasteiger partial charge on any atom is 0.261 e. The minimum absolute atomic E-state index is 0.167. The molecule has 0 radical (unpaired) electrons. The zero-order valence-corrected chi connectivity index (χ0v) is 17.7. The third kappa shape index (κ3) is 4.64. The van der Waals surface area contributed by atoms with Crippen LogP contribution in [0.1, 0.15) is 5.56 Å². The van der Waals surface area contributed by atoms with Crippen molar-refractivity contribution in [3.63, 3.8) is 0 Å². The highest BCUT2D eigenvalue weighted by atomic mass is 32.2. The maximum atomic E-state index is 12.7. The molecule has 2 heterocycles. The molecule has 158 valence electrons. The Balaban J connectivity index is 1.44. The molecule has 0 aliphatic carbocycles. The van der Waals surface area contributed by atoms with E-state index in [1.165, 1.54) is 6.07 Å². The molecule has 0 unspecified atom stereocenters. The number of sulfonamides is 1. The first kappa shape index (κ1) is 20.4. The van der Waals surface area contributed by atoms with Crippen molar-refractivity contribution in [1.82, 2.24) is 20.0 Å². The molecule has 0 saturated heterocycles. The van der Waals surface area contributed by atoms with Crippen LogP contribution in [0.3, 0.4) is 0 Å². The van der Waals surface area contributed by atoms with Crippen molar-refractivity contribution in [2.24, 2.45) is 0 Å². The first-order valence-corrected chi connectivity index (χ1v) is 10.8. The molecule has 0 bridgehead atoms. The van der Waals surface area contributed by atoms with E-state index in [1.807, 2.05) is 0 Å². The average Bonchev–Trinajstić information content (AvgIpc) is 3.30. The SMILES string of the molecule is COc1ccc(S(=O)(=O)Nc2ccc(Nc3ccc(-n4cccn4)nn3)cc2)cc1C. The van der Waals surface area contributed by atoms with E-state index in [2.05, 4.69) is 25.3 Å². The largest absolute Gasteiger partial charge is 0.496 e. The highest BCUT2D eigenvalue weighted by Crippen LogP contribution is 2.24. The predicted molar refractivity (Wildman–Crippen MR) is 117 cm³/mol. The van der Waals surface area contributed by atoms with Gasteiger partial charge in [0.15, 0.2) is 11.6 Å². The van der Waals surface area contributed by atoms with Crippen molar-refractivity contribution in [2.75, 3.05) is 17.1 Å². The van der Waals surface area contributed by atoms with Crippen LogP contribution in [0.2, 0.25) is 0 Å². The van der Waals surface area contributed by atoms with Crippen molar-refractivity contribution >= 4 is 27.2 Å². The van der Waals surface area contributed by atoms with Gasteiger partial charge in [-0.3, -0.25) is 4.72 Å². The first-order valence-electron chi connectivity index (χ1n) is 9.33. The Morgan fingerprint density at radius 2 is 1.74 bits per heavy atom. The number of hydrogen-bond acceptors (Lipinski definition) is 7. The van der Waals surface area contributed by atoms with Gasteiger partial charge in [0.2, 0.25) is 0 Å². The Bertz CT molecular complexity index is 1270. The normalized spacial score (nSPS) is 11.2. The van der Waals surface area contributed by atoms with Gasteiger partial charge in [0, 0.05) is 23.8 Å². The second kappa shape index (κ2) is 8.44. The van der Waals surface area contributed by atoms with Crippen LogP contribution in [0.15, 0.2) is 78.0 Å². The van der Waals surface area contributed by atoms with E-state index in [1.54, 1.807) is 85.7 Å². The standard InChI is InChI=1S/C21H20N6O3S/c1-15-14-18(8-9-19(15)30-2)31(28,29)26-17-6-4-16(5-7-17)23-20-10-11-21(25-24-20)27-13-3-12-22-27/h3-14,26H,1-2H3,(H,23,24). The smallest absolute Gasteiger partial charge is 0.261 e. The Hall–Kier alpha value is -3.92. The van der Waals surface area contributed by atoms with E-state index in [0.29, 0.717) is 23.1 Å². The minimum atomic E-state index is -3.72. The van der Waals surface area contributed by atoms with E-state index >= 15 is 0 Å². The second-order valence-corrected chi connectivity index (χ2v) is 8.35. The van der Waals surface area contributed by atoms with Crippen LogP contribution in [0.25, 0.3) is 5.82 Å². The summed E-state index contributed by atoms with van der Waals surface area (Å²) in [5.41, 5.74) is 1.92. The van der Waals surface area contributed by atoms with E-state index in [9.17, 15) is 8.42 Å². The quantitative estimate of drug-likeness (QED) is 0.456. The fourth-order valence-corrected chi connectivity index (χ4v) is 4.06. The van der Waals surface area contributed by atoms with Gasteiger partial charge in [-0.15, -0.1) is 10.2 Å². The molecular weight excluding hydrogens is 416 g/mol. The van der Waals surface area contributed by atoms with Crippen molar-refractivity contribution in [2.45, 2.75) is 11.8 Å². The lowest BCUT2D eigenvalue weighted by Gasteiger charge is -2.11. The Morgan fingerprint density at radius 1 is 0.968 bits per heavy atom. The summed E-state index contributed by atoms with van der Waals surface area (Å²) in [5, 5.41) is 15.5. The van der Waals surface area contributed by atoms with Gasteiger partial charge in [0.25, 0.3) is 10.0 Å². The van der Waals surface area contributed by atoms with Gasteiger partial charge in [-0.1, -0.05) is 0 Å². The number of nitrogens with one attached hydrogen (secondary N) is 2. The zero-order valence-electron chi connectivity index (χ0n) is 16.9. The Morgan fingerprint density at radius 3 is 2.35 bits per heavy atom. The summed E-state index contributed by atoms with van der Waals surface area (Å²) < 4.78 is 34.7. The number of nitrogens with zero attached hydrogens (tertiary/aromatic N) is 4. The van der Waals surface area contributed by atoms with E-state index in [0.717, 1.165) is 11.3 Å². The number of methoxy groups -OCH3 is 1. The highest BCUT2D eigenvalue weighted by Gasteiger charge is 2.15. The molecule has 10 heteroatoms. The number of hydrogen-bond donors (Lipinski definition) is 2. The number of anilines is 3. The third-order valence-corrected chi connectivity index (χ3v) is 5.85. The fraction of sp³-hybridized carbons (Fsp3) is 0.0952. The monoisotopic (exact) mass is 436 g/mol. The van der Waals surface area contributed by atoms with Gasteiger partial charge in [-0.25, -0.2) is 13.1 Å². The van der Waals surface area contributed by atoms with Gasteiger partial charge >= 0.3 is 0 Å². The second-order valence-electron chi connectivity index (χ2n) is 6.67. The summed E-state index contributed by atoms with van der Waals surface area (Å²) in [5.74, 6) is 1.79. The molecule has 0 fully saturated rings. The Labute approximate surface area is 179 Å². The maximum absolute atomic E-state index is 12.7. The molecule has 0 atom stereocenters. The van der Waals surface area contributed by atoms with Crippen LogP contribution < -0.4 is 14.8 Å². The number of aromatic nitrogens is 4. The molecule has 0 aliphatic heterocycles. The third-order valence-electron chi connectivity index (χ3n) is 4.48. The summed E-state index contributed by atoms with van der Waals surface area (Å²) in [7, 11) is -2.17. The topological polar surface area (TPSA) is 111 Å². The molecule has 2 aromatic heterocycles. The van der Waals surface area contributed by atoms with Crippen LogP contribution in [-0.4, -0.2) is 35.5 Å². The Kier molecular flexibility index (Phi) is 5.54. The van der Waals surface area contributed by atoms with Gasteiger partial charge in [0.05, 0.1) is 12.0 Å². The molecule has 9 nitrogen and oxygen atoms in total. The molecule has 0 spiro atoms. The van der Waals surface area contributed by atoms with Crippen molar-refractivity contribution in [1.29, 1.82) is 0 Å². The molecule has 0 aliphatic rings. The van der Waals surface area contributed by atoms with Gasteiger partial charge < -0.3 is 10.1 Å². The number of rotatable bonds is 7. The molecule has 0 saturated carbocycles. The number of benzene rings is 2. The van der Waals surface area contributed by atoms with Crippen LogP contribution in [0, 0.1) is 6.92 Å². The van der Waals surface area contributed by atoms with Crippen LogP contribution >= 0.6 is 0 Å². The van der Waals surface area contributed by atoms with E-state index < -0.39 is 10.0 Å². The van der Waals surface area contributed by atoms with E-state index in [-0.39, 0.29) is 4.90 Å². The van der Waals surface area contributed by atoms with Crippen LogP contribution in [0.5, 0.6) is 5.75 Å². The zero-order chi connectivity index (χ0) is 21.8. The lowest BCUT2D eigenvalue weighted by Crippen LogP contribution is -2.13. The van der Waals surface area contributed by atoms with Crippen molar-refractivity contribution in [3.05, 3.63) is 78.6 Å². The molecule has 4 aromatic rings. The molecule has 2 aromatic carbocycles. The van der Waals surface area contributed by atoms with E-state index in [4.69, 9.17) is 4.74 Å². The van der Waals surface area contributed by atoms with Gasteiger partial charge in [0.1, 0.15) is 5.75 Å². The average molecular weight is 436 g/mol. The summed E-state index contributed by atoms with van der Waals surface area (Å²) in [6, 6.07) is 16.9. The first-order chi connectivity index (χ1) is 14.9. The van der Waals surface area contributed by atoms with Crippen molar-refractivity contribution in [3.8, 4) is 11.6 Å². The summed E-state index contributed by atoms with van der Waals surface area (Å²) in [6.45, 7) is 1.79. The summed E-state index contributed by atoms with van der Waals surface area (Å²) in [4.78, 5) is 0.167. The van der Waals surface area contributed by atoms with Crippen LogP contribution in [-0.2, 0) is 10.0 Å². The van der Waals surface area contributed by atoms with Gasteiger partial charge in [-0.2, -0.15) is 5.10 Å². The molecule has 2 N–H and O–H groups in total. The lowest BCUT2D eigenvalue weighted by atomic mass is 10.2. The fourth-order valence-electron chi connectivity index (χ4n) is 2.92. The molecule has 4 rings (SSSR count). The van der Waals surface area contributed by atoms with Crippen LogP contribution in [0.4, 0.5) is 17.2 Å². The summed E-state index contributed by atoms with van der Waals surface area (Å²) >= 11 is 0. The van der Waals surface area contributed by atoms with Gasteiger partial charge in [-0.05, 0) is 73.2 Å². The van der Waals surface area contributed by atoms with Crippen molar-refractivity contribution < 1.29 is 13.2 Å². The molecule has 31 heavy (non-hydrogen) atoms. The highest BCUT2D eigenvalue weighted by molar-refractivity contribution is 7.92. The number of ether oxygens (including phenoxy) is 1. The molecule has 0 amide bonds. The predicted octanol–water partition coefficient (Wildman–Crippen LogP) is 3.52. The summed E-state index contributed by atoms with van der Waals surface area (Å²) in [6.07, 6.45) is 3.45. The molecular formula is C21H20N6O3S. The lowest BCUT2D eigenvalue weighted by molar-refractivity contribution is 0.411.